The predicted molar refractivity (Wildman–Crippen MR) is 40.9 cm³/mol. The number of aromatic nitrogens is 1. The summed E-state index contributed by atoms with van der Waals surface area (Å²) in [5.74, 6) is -0.288. The van der Waals surface area contributed by atoms with Gasteiger partial charge in [0.1, 0.15) is 5.69 Å². The predicted octanol–water partition coefficient (Wildman–Crippen LogP) is 1.64. The minimum absolute atomic E-state index is 0.114. The van der Waals surface area contributed by atoms with Crippen molar-refractivity contribution in [2.75, 3.05) is 0 Å². The molecule has 0 saturated heterocycles. The van der Waals surface area contributed by atoms with Gasteiger partial charge in [-0.3, -0.25) is 4.79 Å². The molecule has 1 aromatic rings. The molecule has 3 nitrogen and oxygen atoms in total. The number of pyridine rings is 1. The van der Waals surface area contributed by atoms with Crippen LogP contribution in [0.25, 0.3) is 0 Å². The van der Waals surface area contributed by atoms with E-state index < -0.39 is 0 Å². The van der Waals surface area contributed by atoms with Gasteiger partial charge in [-0.1, -0.05) is 11.6 Å². The lowest BCUT2D eigenvalue weighted by atomic mass is 10.3. The highest BCUT2D eigenvalue weighted by Crippen LogP contribution is 2.21. The van der Waals surface area contributed by atoms with E-state index in [1.165, 1.54) is 13.0 Å². The van der Waals surface area contributed by atoms with Crippen molar-refractivity contribution >= 4 is 17.4 Å². The zero-order valence-electron chi connectivity index (χ0n) is 5.84. The number of rotatable bonds is 1. The second-order valence-corrected chi connectivity index (χ2v) is 2.48. The number of hydrogen-bond acceptors (Lipinski definition) is 3. The Labute approximate surface area is 68.6 Å². The number of nitrogens with zero attached hydrogens (tertiary/aromatic N) is 1. The van der Waals surface area contributed by atoms with Crippen LogP contribution in [0.4, 0.5) is 0 Å². The maximum Gasteiger partial charge on any atom is 0.178 e. The van der Waals surface area contributed by atoms with Gasteiger partial charge in [0.2, 0.25) is 0 Å². The molecule has 1 aromatic heterocycles. The fraction of sp³-hybridized carbons (Fsp3) is 0.143. The van der Waals surface area contributed by atoms with Gasteiger partial charge in [-0.15, -0.1) is 0 Å². The first-order valence-corrected chi connectivity index (χ1v) is 3.34. The lowest BCUT2D eigenvalue weighted by Crippen LogP contribution is -1.95. The Bertz CT molecular complexity index is 298. The van der Waals surface area contributed by atoms with Crippen molar-refractivity contribution in [1.29, 1.82) is 0 Å². The standard InChI is InChI=1S/C7H6ClNO2/c1-4(10)6-2-5(8)7(11)3-9-6/h2-3,11H,1H3. The molecule has 0 aliphatic rings. The summed E-state index contributed by atoms with van der Waals surface area (Å²) >= 11 is 5.52. The third-order valence-electron chi connectivity index (χ3n) is 1.19. The van der Waals surface area contributed by atoms with E-state index in [1.54, 1.807) is 0 Å². The van der Waals surface area contributed by atoms with Crippen molar-refractivity contribution in [3.63, 3.8) is 0 Å². The minimum Gasteiger partial charge on any atom is -0.505 e. The highest BCUT2D eigenvalue weighted by molar-refractivity contribution is 6.32. The molecule has 0 saturated carbocycles. The molecular weight excluding hydrogens is 166 g/mol. The number of carbonyl (C=O) groups excluding carboxylic acids is 1. The van der Waals surface area contributed by atoms with Crippen molar-refractivity contribution in [3.05, 3.63) is 23.0 Å². The molecule has 0 radical (unpaired) electrons. The summed E-state index contributed by atoms with van der Waals surface area (Å²) in [6.45, 7) is 1.38. The SMILES string of the molecule is CC(=O)c1cc(Cl)c(O)cn1. The lowest BCUT2D eigenvalue weighted by Gasteiger charge is -1.96. The molecule has 58 valence electrons. The van der Waals surface area contributed by atoms with E-state index in [1.807, 2.05) is 0 Å². The number of aromatic hydroxyl groups is 1. The van der Waals surface area contributed by atoms with Crippen molar-refractivity contribution < 1.29 is 9.90 Å². The molecule has 0 bridgehead atoms. The summed E-state index contributed by atoms with van der Waals surface area (Å²) < 4.78 is 0. The molecule has 0 atom stereocenters. The van der Waals surface area contributed by atoms with Gasteiger partial charge in [-0.2, -0.15) is 0 Å². The molecule has 0 spiro atoms. The van der Waals surface area contributed by atoms with Gasteiger partial charge in [0.15, 0.2) is 11.5 Å². The van der Waals surface area contributed by atoms with E-state index in [4.69, 9.17) is 16.7 Å². The Morgan fingerprint density at radius 2 is 2.36 bits per heavy atom. The van der Waals surface area contributed by atoms with Crippen molar-refractivity contribution in [3.8, 4) is 5.75 Å². The van der Waals surface area contributed by atoms with Gasteiger partial charge in [0.05, 0.1) is 11.2 Å². The highest BCUT2D eigenvalue weighted by Gasteiger charge is 2.04. The topological polar surface area (TPSA) is 50.2 Å². The first kappa shape index (κ1) is 8.01. The largest absolute Gasteiger partial charge is 0.505 e. The highest BCUT2D eigenvalue weighted by atomic mass is 35.5. The molecule has 1 rings (SSSR count). The van der Waals surface area contributed by atoms with Gasteiger partial charge >= 0.3 is 0 Å². The Morgan fingerprint density at radius 1 is 1.73 bits per heavy atom. The van der Waals surface area contributed by atoms with Gasteiger partial charge < -0.3 is 5.11 Å². The van der Waals surface area contributed by atoms with Crippen LogP contribution in [-0.2, 0) is 0 Å². The van der Waals surface area contributed by atoms with Crippen LogP contribution in [0.1, 0.15) is 17.4 Å². The van der Waals surface area contributed by atoms with Crippen LogP contribution in [0.5, 0.6) is 5.75 Å². The van der Waals surface area contributed by atoms with E-state index in [2.05, 4.69) is 4.98 Å². The molecule has 4 heteroatoms. The summed E-state index contributed by atoms with van der Waals surface area (Å²) in [5.41, 5.74) is 0.257. The monoisotopic (exact) mass is 171 g/mol. The third kappa shape index (κ3) is 1.68. The summed E-state index contributed by atoms with van der Waals surface area (Å²) in [5, 5.41) is 9.06. The Balaban J connectivity index is 3.15. The van der Waals surface area contributed by atoms with Crippen molar-refractivity contribution in [2.45, 2.75) is 6.92 Å². The zero-order valence-corrected chi connectivity index (χ0v) is 6.59. The number of hydrogen-bond donors (Lipinski definition) is 1. The fourth-order valence-corrected chi connectivity index (χ4v) is 0.768. The molecule has 11 heavy (non-hydrogen) atoms. The van der Waals surface area contributed by atoms with E-state index in [0.717, 1.165) is 6.20 Å². The number of Topliss-reactive ketones (excluding diaryl/α,β-unsaturated/α-hetero) is 1. The van der Waals surface area contributed by atoms with Crippen molar-refractivity contribution in [1.82, 2.24) is 4.98 Å². The second kappa shape index (κ2) is 2.88. The summed E-state index contributed by atoms with van der Waals surface area (Å²) in [6.07, 6.45) is 1.15. The van der Waals surface area contributed by atoms with Crippen LogP contribution in [0.2, 0.25) is 5.02 Å². The summed E-state index contributed by atoms with van der Waals surface area (Å²) in [6, 6.07) is 1.33. The average molecular weight is 172 g/mol. The second-order valence-electron chi connectivity index (χ2n) is 2.08. The van der Waals surface area contributed by atoms with E-state index in [-0.39, 0.29) is 22.2 Å². The normalized spacial score (nSPS) is 9.64. The van der Waals surface area contributed by atoms with E-state index >= 15 is 0 Å². The molecular formula is C7H6ClNO2. The Hall–Kier alpha value is -1.09. The molecule has 0 aromatic carbocycles. The van der Waals surface area contributed by atoms with Crippen LogP contribution in [-0.4, -0.2) is 15.9 Å². The quantitative estimate of drug-likeness (QED) is 0.654. The maximum absolute atomic E-state index is 10.7. The summed E-state index contributed by atoms with van der Waals surface area (Å²) in [4.78, 5) is 14.4. The third-order valence-corrected chi connectivity index (χ3v) is 1.50. The van der Waals surface area contributed by atoms with Crippen LogP contribution < -0.4 is 0 Å². The number of ketones is 1. The molecule has 1 N–H and O–H groups in total. The lowest BCUT2D eigenvalue weighted by molar-refractivity contribution is 0.101. The minimum atomic E-state index is -0.174. The number of halogens is 1. The smallest absolute Gasteiger partial charge is 0.178 e. The average Bonchev–Trinajstić information content (AvgIpc) is 1.94. The van der Waals surface area contributed by atoms with Crippen LogP contribution in [0.3, 0.4) is 0 Å². The molecule has 0 unspecified atom stereocenters. The molecule has 0 aliphatic heterocycles. The van der Waals surface area contributed by atoms with Crippen LogP contribution in [0.15, 0.2) is 12.3 Å². The molecule has 1 heterocycles. The van der Waals surface area contributed by atoms with Gasteiger partial charge in [0.25, 0.3) is 0 Å². The van der Waals surface area contributed by atoms with Crippen LogP contribution in [0, 0.1) is 0 Å². The van der Waals surface area contributed by atoms with E-state index in [9.17, 15) is 4.79 Å². The van der Waals surface area contributed by atoms with Crippen molar-refractivity contribution in [2.24, 2.45) is 0 Å². The Kier molecular flexibility index (Phi) is 2.10. The maximum atomic E-state index is 10.7. The first-order chi connectivity index (χ1) is 5.11. The molecule has 0 aliphatic carbocycles. The fourth-order valence-electron chi connectivity index (χ4n) is 0.616. The molecule has 0 amide bonds. The van der Waals surface area contributed by atoms with Gasteiger partial charge in [-0.05, 0) is 6.07 Å². The first-order valence-electron chi connectivity index (χ1n) is 2.96. The number of carbonyl (C=O) groups is 1. The summed E-state index contributed by atoms with van der Waals surface area (Å²) in [7, 11) is 0. The zero-order chi connectivity index (χ0) is 8.43. The van der Waals surface area contributed by atoms with Gasteiger partial charge in [-0.25, -0.2) is 4.98 Å². The Morgan fingerprint density at radius 3 is 2.82 bits per heavy atom. The molecule has 0 fully saturated rings. The van der Waals surface area contributed by atoms with Crippen LogP contribution >= 0.6 is 11.6 Å². The van der Waals surface area contributed by atoms with E-state index in [0.29, 0.717) is 0 Å². The van der Waals surface area contributed by atoms with Gasteiger partial charge in [0, 0.05) is 6.92 Å².